The molecule has 1 heterocycles. The van der Waals surface area contributed by atoms with Gasteiger partial charge in [-0.3, -0.25) is 9.59 Å². The summed E-state index contributed by atoms with van der Waals surface area (Å²) in [6.07, 6.45) is 7.30. The molecular formula is C16H19N3O3. The lowest BCUT2D eigenvalue weighted by Crippen LogP contribution is -2.44. The van der Waals surface area contributed by atoms with Gasteiger partial charge in [-0.25, -0.2) is 4.98 Å². The summed E-state index contributed by atoms with van der Waals surface area (Å²) in [4.78, 5) is 24.8. The summed E-state index contributed by atoms with van der Waals surface area (Å²) in [5, 5.41) is 6.89. The summed E-state index contributed by atoms with van der Waals surface area (Å²) in [6, 6.07) is 9.92. The van der Waals surface area contributed by atoms with Crippen LogP contribution in [0.2, 0.25) is 0 Å². The van der Waals surface area contributed by atoms with Gasteiger partial charge >= 0.3 is 0 Å². The standard InChI is InChI=1S/C15H17N3O.CH2O2/c16-14(19)15(8-4-5-9-15)18-11-10-17-13(18)12-6-2-1-3-7-12;2-1-3/h1-3,6-7,10-11H,4-5,8-9H2,(H2,16,19);1H,(H,2,3). The molecule has 1 aliphatic rings. The Morgan fingerprint density at radius 1 is 1.27 bits per heavy atom. The Bertz CT molecular complexity index is 631. The normalized spacial score (nSPS) is 15.6. The van der Waals surface area contributed by atoms with Crippen molar-refractivity contribution in [2.45, 2.75) is 31.2 Å². The van der Waals surface area contributed by atoms with Crippen molar-refractivity contribution >= 4 is 12.4 Å². The monoisotopic (exact) mass is 301 g/mol. The molecule has 1 saturated carbocycles. The van der Waals surface area contributed by atoms with E-state index in [1.807, 2.05) is 41.1 Å². The Kier molecular flexibility index (Phi) is 4.93. The highest BCUT2D eigenvalue weighted by Gasteiger charge is 2.42. The molecule has 3 rings (SSSR count). The Hall–Kier alpha value is -2.63. The number of carboxylic acid groups (broad SMARTS) is 1. The minimum Gasteiger partial charge on any atom is -0.483 e. The zero-order valence-corrected chi connectivity index (χ0v) is 12.2. The van der Waals surface area contributed by atoms with Gasteiger partial charge in [-0.2, -0.15) is 0 Å². The van der Waals surface area contributed by atoms with Gasteiger partial charge in [-0.15, -0.1) is 0 Å². The Morgan fingerprint density at radius 2 is 1.86 bits per heavy atom. The largest absolute Gasteiger partial charge is 0.483 e. The number of nitrogens with two attached hydrogens (primary N) is 1. The maximum Gasteiger partial charge on any atom is 0.290 e. The number of nitrogens with zero attached hydrogens (tertiary/aromatic N) is 2. The lowest BCUT2D eigenvalue weighted by Gasteiger charge is -2.28. The quantitative estimate of drug-likeness (QED) is 0.847. The first-order chi connectivity index (χ1) is 10.7. The molecule has 116 valence electrons. The first kappa shape index (κ1) is 15.8. The second-order valence-corrected chi connectivity index (χ2v) is 5.20. The fourth-order valence-corrected chi connectivity index (χ4v) is 3.02. The van der Waals surface area contributed by atoms with E-state index < -0.39 is 5.54 Å². The van der Waals surface area contributed by atoms with Crippen molar-refractivity contribution in [3.8, 4) is 11.4 Å². The molecular weight excluding hydrogens is 282 g/mol. The molecule has 0 atom stereocenters. The summed E-state index contributed by atoms with van der Waals surface area (Å²) in [5.41, 5.74) is 6.10. The number of rotatable bonds is 3. The summed E-state index contributed by atoms with van der Waals surface area (Å²) in [6.45, 7) is -0.250. The average molecular weight is 301 g/mol. The zero-order valence-electron chi connectivity index (χ0n) is 12.2. The Morgan fingerprint density at radius 3 is 2.41 bits per heavy atom. The molecule has 0 radical (unpaired) electrons. The molecule has 1 aromatic heterocycles. The first-order valence-corrected chi connectivity index (χ1v) is 7.13. The second-order valence-electron chi connectivity index (χ2n) is 5.20. The molecule has 6 heteroatoms. The minimum absolute atomic E-state index is 0.250. The molecule has 22 heavy (non-hydrogen) atoms. The van der Waals surface area contributed by atoms with Crippen molar-refractivity contribution in [1.82, 2.24) is 9.55 Å². The second kappa shape index (κ2) is 6.89. The van der Waals surface area contributed by atoms with Crippen LogP contribution in [0.3, 0.4) is 0 Å². The predicted molar refractivity (Wildman–Crippen MR) is 82.0 cm³/mol. The number of carbonyl (C=O) groups excluding carboxylic acids is 1. The molecule has 0 unspecified atom stereocenters. The van der Waals surface area contributed by atoms with Crippen LogP contribution in [0.25, 0.3) is 11.4 Å². The van der Waals surface area contributed by atoms with Crippen LogP contribution in [-0.2, 0) is 15.1 Å². The predicted octanol–water partition coefficient (Wildman–Crippen LogP) is 2.01. The van der Waals surface area contributed by atoms with E-state index >= 15 is 0 Å². The summed E-state index contributed by atoms with van der Waals surface area (Å²) in [5.74, 6) is 0.571. The summed E-state index contributed by atoms with van der Waals surface area (Å²) >= 11 is 0. The number of amides is 1. The molecule has 6 nitrogen and oxygen atoms in total. The van der Waals surface area contributed by atoms with Crippen molar-refractivity contribution in [2.75, 3.05) is 0 Å². The number of carbonyl (C=O) groups is 2. The van der Waals surface area contributed by atoms with Gasteiger partial charge in [0, 0.05) is 18.0 Å². The summed E-state index contributed by atoms with van der Waals surface area (Å²) < 4.78 is 1.97. The lowest BCUT2D eigenvalue weighted by molar-refractivity contribution is -0.126. The molecule has 1 amide bonds. The van der Waals surface area contributed by atoms with Crippen molar-refractivity contribution in [1.29, 1.82) is 0 Å². The highest BCUT2D eigenvalue weighted by molar-refractivity contribution is 5.84. The van der Waals surface area contributed by atoms with E-state index in [1.165, 1.54) is 0 Å². The van der Waals surface area contributed by atoms with Crippen LogP contribution in [0.15, 0.2) is 42.7 Å². The molecule has 1 aromatic carbocycles. The fourth-order valence-electron chi connectivity index (χ4n) is 3.02. The van der Waals surface area contributed by atoms with Crippen molar-refractivity contribution in [2.24, 2.45) is 5.73 Å². The van der Waals surface area contributed by atoms with Crippen LogP contribution in [0, 0.1) is 0 Å². The van der Waals surface area contributed by atoms with Crippen molar-refractivity contribution in [3.05, 3.63) is 42.7 Å². The van der Waals surface area contributed by atoms with Crippen molar-refractivity contribution in [3.63, 3.8) is 0 Å². The van der Waals surface area contributed by atoms with E-state index in [2.05, 4.69) is 4.98 Å². The first-order valence-electron chi connectivity index (χ1n) is 7.13. The van der Waals surface area contributed by atoms with E-state index in [1.54, 1.807) is 6.20 Å². The summed E-state index contributed by atoms with van der Waals surface area (Å²) in [7, 11) is 0. The third-order valence-corrected chi connectivity index (χ3v) is 4.02. The van der Waals surface area contributed by atoms with Crippen LogP contribution in [-0.4, -0.2) is 27.0 Å². The van der Waals surface area contributed by atoms with E-state index in [0.717, 1.165) is 37.1 Å². The number of benzene rings is 1. The average Bonchev–Trinajstić information content (AvgIpc) is 3.19. The van der Waals surface area contributed by atoms with Crippen LogP contribution >= 0.6 is 0 Å². The molecule has 3 N–H and O–H groups in total. The molecule has 2 aromatic rings. The number of primary amides is 1. The van der Waals surface area contributed by atoms with E-state index in [-0.39, 0.29) is 12.4 Å². The SMILES string of the molecule is NC(=O)C1(n2ccnc2-c2ccccc2)CCCC1.O=CO. The number of aromatic nitrogens is 2. The highest BCUT2D eigenvalue weighted by atomic mass is 16.3. The van der Waals surface area contributed by atoms with Gasteiger partial charge in [0.15, 0.2) is 0 Å². The van der Waals surface area contributed by atoms with Gasteiger partial charge in [-0.1, -0.05) is 43.2 Å². The number of hydrogen-bond acceptors (Lipinski definition) is 3. The number of imidazole rings is 1. The maximum atomic E-state index is 12.0. The van der Waals surface area contributed by atoms with Gasteiger partial charge in [-0.05, 0) is 12.8 Å². The molecule has 1 fully saturated rings. The number of hydrogen-bond donors (Lipinski definition) is 2. The topological polar surface area (TPSA) is 98.2 Å². The molecule has 0 spiro atoms. The van der Waals surface area contributed by atoms with Crippen LogP contribution in [0.4, 0.5) is 0 Å². The van der Waals surface area contributed by atoms with Crippen LogP contribution < -0.4 is 5.73 Å². The van der Waals surface area contributed by atoms with Gasteiger partial charge in [0.25, 0.3) is 6.47 Å². The maximum absolute atomic E-state index is 12.0. The van der Waals surface area contributed by atoms with E-state index in [9.17, 15) is 4.79 Å². The zero-order chi connectivity index (χ0) is 16.0. The Labute approximate surface area is 128 Å². The van der Waals surface area contributed by atoms with Gasteiger partial charge in [0.05, 0.1) is 0 Å². The van der Waals surface area contributed by atoms with E-state index in [4.69, 9.17) is 15.6 Å². The molecule has 0 bridgehead atoms. The van der Waals surface area contributed by atoms with Gasteiger partial charge in [0.1, 0.15) is 11.4 Å². The molecule has 1 aliphatic carbocycles. The van der Waals surface area contributed by atoms with Crippen LogP contribution in [0.1, 0.15) is 25.7 Å². The van der Waals surface area contributed by atoms with Gasteiger partial charge < -0.3 is 15.4 Å². The van der Waals surface area contributed by atoms with E-state index in [0.29, 0.717) is 0 Å². The molecule has 0 saturated heterocycles. The third kappa shape index (κ3) is 2.86. The van der Waals surface area contributed by atoms with Crippen molar-refractivity contribution < 1.29 is 14.7 Å². The third-order valence-electron chi connectivity index (χ3n) is 4.02. The molecule has 0 aliphatic heterocycles. The highest BCUT2D eigenvalue weighted by Crippen LogP contribution is 2.38. The fraction of sp³-hybridized carbons (Fsp3) is 0.312. The van der Waals surface area contributed by atoms with Crippen LogP contribution in [0.5, 0.6) is 0 Å². The lowest BCUT2D eigenvalue weighted by atomic mass is 9.95. The minimum atomic E-state index is -0.596. The smallest absolute Gasteiger partial charge is 0.290 e. The Balaban J connectivity index is 0.000000545. The van der Waals surface area contributed by atoms with Gasteiger partial charge in [0.2, 0.25) is 5.91 Å².